The molecule has 7 heterocycles. The molecule has 25 heteroatoms. The van der Waals surface area contributed by atoms with Crippen molar-refractivity contribution in [3.63, 3.8) is 0 Å². The van der Waals surface area contributed by atoms with Gasteiger partial charge in [-0.3, -0.25) is 0 Å². The van der Waals surface area contributed by atoms with Gasteiger partial charge in [-0.15, -0.1) is 0 Å². The summed E-state index contributed by atoms with van der Waals surface area (Å²) in [5, 5.41) is 142. The maximum absolute atomic E-state index is 12.6. The smallest absolute Gasteiger partial charge is 0.187 e. The first-order chi connectivity index (χ1) is 38.0. The van der Waals surface area contributed by atoms with Crippen molar-refractivity contribution < 1.29 is 123 Å². The molecule has 4 aliphatic carbocycles. The lowest BCUT2D eigenvalue weighted by Gasteiger charge is -2.61. The quantitative estimate of drug-likeness (QED) is 0.0879. The fourth-order valence-corrected chi connectivity index (χ4v) is 17.0. The zero-order chi connectivity index (χ0) is 57.1. The van der Waals surface area contributed by atoms with Gasteiger partial charge in [-0.1, -0.05) is 27.7 Å². The highest BCUT2D eigenvalue weighted by Crippen LogP contribution is 2.71. The van der Waals surface area contributed by atoms with Crippen LogP contribution in [0.3, 0.4) is 0 Å². The lowest BCUT2D eigenvalue weighted by molar-refractivity contribution is -0.408. The van der Waals surface area contributed by atoms with Crippen LogP contribution in [0, 0.1) is 52.3 Å². The lowest BCUT2D eigenvalue weighted by Crippen LogP contribution is -2.68. The van der Waals surface area contributed by atoms with Crippen molar-refractivity contribution in [2.24, 2.45) is 52.3 Å². The predicted octanol–water partition coefficient (Wildman–Crippen LogP) is -2.78. The van der Waals surface area contributed by atoms with Crippen LogP contribution in [0.4, 0.5) is 0 Å². The second-order valence-electron chi connectivity index (χ2n) is 26.2. The zero-order valence-electron chi connectivity index (χ0n) is 46.3. The van der Waals surface area contributed by atoms with Gasteiger partial charge in [-0.25, -0.2) is 0 Å². The summed E-state index contributed by atoms with van der Waals surface area (Å²) in [6.07, 6.45) is -29.8. The normalized spacial score (nSPS) is 58.1. The highest BCUT2D eigenvalue weighted by molar-refractivity contribution is 5.16. The Kier molecular flexibility index (Phi) is 17.9. The van der Waals surface area contributed by atoms with Gasteiger partial charge in [-0.05, 0) is 111 Å². The fraction of sp³-hybridized carbons (Fsp3) is 1.00. The number of fused-ring (bicyclic) bond motifs is 7. The number of hydrogen-bond donors (Lipinski definition) is 13. The van der Waals surface area contributed by atoms with E-state index in [1.807, 2.05) is 0 Å². The first-order valence-corrected chi connectivity index (χ1v) is 29.5. The Morgan fingerprint density at radius 3 is 1.73 bits per heavy atom. The van der Waals surface area contributed by atoms with Crippen molar-refractivity contribution >= 4 is 0 Å². The second-order valence-corrected chi connectivity index (χ2v) is 26.2. The highest BCUT2D eigenvalue weighted by Gasteiger charge is 2.69. The van der Waals surface area contributed by atoms with Gasteiger partial charge in [0.1, 0.15) is 104 Å². The molecule has 0 aromatic rings. The molecule has 0 radical (unpaired) electrons. The van der Waals surface area contributed by atoms with Crippen molar-refractivity contribution in [2.45, 2.75) is 258 Å². The third-order valence-corrected chi connectivity index (χ3v) is 21.7. The summed E-state index contributed by atoms with van der Waals surface area (Å²) in [6.45, 7) is 8.99. The van der Waals surface area contributed by atoms with E-state index < -0.39 is 180 Å². The number of hydrogen-bond acceptors (Lipinski definition) is 25. The molecule has 7 saturated heterocycles. The number of aliphatic hydroxyl groups excluding tert-OH is 13. The Hall–Kier alpha value is -1.00. The molecule has 80 heavy (non-hydrogen) atoms. The van der Waals surface area contributed by atoms with Crippen molar-refractivity contribution in [2.75, 3.05) is 33.0 Å². The molecular formula is C55H90O25. The maximum Gasteiger partial charge on any atom is 0.187 e. The summed E-state index contributed by atoms with van der Waals surface area (Å²) in [4.78, 5) is 0. The minimum atomic E-state index is -1.93. The van der Waals surface area contributed by atoms with Gasteiger partial charge in [0.2, 0.25) is 0 Å². The first kappa shape index (κ1) is 60.7. The number of ether oxygens (including phenoxy) is 12. The Balaban J connectivity index is 0.830. The van der Waals surface area contributed by atoms with E-state index >= 15 is 0 Å². The zero-order valence-corrected chi connectivity index (χ0v) is 46.3. The lowest BCUT2D eigenvalue weighted by atomic mass is 9.44. The van der Waals surface area contributed by atoms with Gasteiger partial charge >= 0.3 is 0 Å². The van der Waals surface area contributed by atoms with Crippen molar-refractivity contribution in [1.82, 2.24) is 0 Å². The molecule has 13 N–H and O–H groups in total. The van der Waals surface area contributed by atoms with Crippen LogP contribution in [0.5, 0.6) is 0 Å². The molecule has 1 spiro atoms. The highest BCUT2D eigenvalue weighted by atomic mass is 16.8. The van der Waals surface area contributed by atoms with Gasteiger partial charge in [0.25, 0.3) is 0 Å². The molecule has 11 fully saturated rings. The van der Waals surface area contributed by atoms with Crippen molar-refractivity contribution in [1.29, 1.82) is 0 Å². The van der Waals surface area contributed by atoms with Gasteiger partial charge in [0.15, 0.2) is 37.2 Å². The molecule has 25 nitrogen and oxygen atoms in total. The van der Waals surface area contributed by atoms with Crippen LogP contribution in [0.1, 0.15) is 98.8 Å². The Morgan fingerprint density at radius 1 is 0.475 bits per heavy atom. The fourth-order valence-electron chi connectivity index (χ4n) is 17.0. The van der Waals surface area contributed by atoms with E-state index in [-0.39, 0.29) is 22.9 Å². The largest absolute Gasteiger partial charge is 0.394 e. The molecule has 0 bridgehead atoms. The molecule has 0 aromatic carbocycles. The van der Waals surface area contributed by atoms with Crippen LogP contribution < -0.4 is 0 Å². The molecule has 7 aliphatic heterocycles. The molecule has 0 unspecified atom stereocenters. The van der Waals surface area contributed by atoms with E-state index in [0.29, 0.717) is 48.3 Å². The molecule has 35 atom stereocenters. The Morgan fingerprint density at radius 2 is 1.07 bits per heavy atom. The minimum absolute atomic E-state index is 0.0136. The first-order valence-electron chi connectivity index (χ1n) is 29.5. The summed E-state index contributed by atoms with van der Waals surface area (Å²) in [5.74, 6) is 2.69. The van der Waals surface area contributed by atoms with Crippen LogP contribution >= 0.6 is 0 Å². The third-order valence-electron chi connectivity index (χ3n) is 21.7. The average molecular weight is 1150 g/mol. The molecule has 460 valence electrons. The Labute approximate surface area is 465 Å². The van der Waals surface area contributed by atoms with Crippen LogP contribution in [0.15, 0.2) is 0 Å². The SMILES string of the molecule is C[C@@H]1CC[C@@]2(OC1)O[C@H]1C[C@H]3[C@@H]4CC[C@H]5C[C@@H](O[C@@H]6O[C@H](CO)[C@@H](O[C@@H]7O[C@H](CO)[C@@H](O)[C@H](O[C@@H]8OC[C@@H](O)[C@H](O)[C@H]8O)[C@H]7O[C@@H]7OC[C@H](O)[C@H](O)[C@H]7O)[C@H](O)[C@H]6O[C@@H]6O[C@@H](C)[C@H](O)[C@@H](O)[C@H]6O)CC[C@]5(C)[C@H]4CC[C@]3(C)[C@H]1[C@@H]2C. The molecule has 0 amide bonds. The van der Waals surface area contributed by atoms with Gasteiger partial charge in [0.05, 0.1) is 51.3 Å². The van der Waals surface area contributed by atoms with E-state index in [2.05, 4.69) is 27.7 Å². The van der Waals surface area contributed by atoms with Crippen LogP contribution in [-0.2, 0) is 56.8 Å². The molecule has 4 saturated carbocycles. The maximum atomic E-state index is 12.6. The summed E-state index contributed by atoms with van der Waals surface area (Å²) in [7, 11) is 0. The van der Waals surface area contributed by atoms with E-state index in [1.54, 1.807) is 0 Å². The summed E-state index contributed by atoms with van der Waals surface area (Å²) < 4.78 is 74.8. The van der Waals surface area contributed by atoms with E-state index in [4.69, 9.17) is 56.8 Å². The minimum Gasteiger partial charge on any atom is -0.394 e. The van der Waals surface area contributed by atoms with Crippen LogP contribution in [-0.4, -0.2) is 259 Å². The van der Waals surface area contributed by atoms with Gasteiger partial charge < -0.3 is 123 Å². The van der Waals surface area contributed by atoms with Crippen LogP contribution in [0.25, 0.3) is 0 Å². The summed E-state index contributed by atoms with van der Waals surface area (Å²) in [5.41, 5.74) is 0.170. The van der Waals surface area contributed by atoms with Crippen LogP contribution in [0.2, 0.25) is 0 Å². The van der Waals surface area contributed by atoms with Crippen molar-refractivity contribution in [3.8, 4) is 0 Å². The van der Waals surface area contributed by atoms with E-state index in [1.165, 1.54) is 6.92 Å². The van der Waals surface area contributed by atoms with Gasteiger partial charge in [0, 0.05) is 12.3 Å². The third kappa shape index (κ3) is 10.6. The van der Waals surface area contributed by atoms with E-state index in [0.717, 1.165) is 58.0 Å². The summed E-state index contributed by atoms with van der Waals surface area (Å²) >= 11 is 0. The average Bonchev–Trinajstić information content (AvgIpc) is 4.13. The number of aliphatic hydroxyl groups is 13. The van der Waals surface area contributed by atoms with Gasteiger partial charge in [-0.2, -0.15) is 0 Å². The Bertz CT molecular complexity index is 2080. The predicted molar refractivity (Wildman–Crippen MR) is 267 cm³/mol. The second kappa shape index (κ2) is 23.6. The molecule has 0 aromatic heterocycles. The summed E-state index contributed by atoms with van der Waals surface area (Å²) in [6, 6.07) is 0. The van der Waals surface area contributed by atoms with Crippen molar-refractivity contribution in [3.05, 3.63) is 0 Å². The van der Waals surface area contributed by atoms with E-state index in [9.17, 15) is 66.4 Å². The molecular weight excluding hydrogens is 1060 g/mol. The standard InChI is InChI=1S/C55H90O25/c1-21-8-13-55(71-18-21)22(2)34-31(80-55)15-28-26-7-6-24-14-25(9-11-53(24,4)27(26)10-12-54(28,34)5)73-51-46(78-50-42(67)39(64)35(60)23(3)72-50)43(68)44(33(17-57)75-51)76-52-47(79-49-41(66)37(62)30(59)20-70-49)45(38(63)32(16-56)74-52)77-48-40(65)36(61)29(58)19-69-48/h21-52,56-68H,6-20H2,1-5H3/t21-,22+,23+,24+,25+,26-,27+,28+,29-,30+,31+,32-,33-,34+,35+,36+,37+,38-,39-,40-,41-,42-,43+,44-,45+,46-,47-,48+,49+,50+,51-,52+,53+,54+,55-/m1/s1. The molecule has 11 aliphatic rings. The molecule has 11 rings (SSSR count). The topological polar surface area (TPSA) is 374 Å². The number of rotatable bonds is 12. The monoisotopic (exact) mass is 1150 g/mol.